The molecular weight excluding hydrogens is 402 g/mol. The molecule has 162 valence electrons. The van der Waals surface area contributed by atoms with Crippen LogP contribution in [-0.2, 0) is 0 Å². The van der Waals surface area contributed by atoms with E-state index in [1.165, 1.54) is 16.8 Å². The van der Waals surface area contributed by atoms with Crippen LogP contribution < -0.4 is 10.2 Å². The van der Waals surface area contributed by atoms with Gasteiger partial charge in [-0.1, -0.05) is 24.3 Å². The average molecular weight is 434 g/mol. The van der Waals surface area contributed by atoms with Gasteiger partial charge in [0.2, 0.25) is 0 Å². The molecule has 4 rings (SSSR count). The fourth-order valence-corrected chi connectivity index (χ4v) is 4.73. The van der Waals surface area contributed by atoms with Crippen molar-refractivity contribution in [2.24, 2.45) is 0 Å². The van der Waals surface area contributed by atoms with Crippen LogP contribution >= 0.6 is 11.3 Å². The molecule has 0 saturated carbocycles. The first-order valence-electron chi connectivity index (χ1n) is 11.1. The number of aryl methyl sites for hydroxylation is 1. The van der Waals surface area contributed by atoms with Crippen LogP contribution in [0.25, 0.3) is 11.1 Å². The van der Waals surface area contributed by atoms with Crippen molar-refractivity contribution >= 4 is 22.9 Å². The molecular formula is C26H31N3OS. The van der Waals surface area contributed by atoms with Gasteiger partial charge in [-0.15, -0.1) is 0 Å². The van der Waals surface area contributed by atoms with E-state index in [1.54, 1.807) is 11.3 Å². The molecule has 0 unspecified atom stereocenters. The van der Waals surface area contributed by atoms with E-state index < -0.39 is 0 Å². The highest BCUT2D eigenvalue weighted by molar-refractivity contribution is 7.08. The largest absolute Gasteiger partial charge is 0.369 e. The molecule has 0 atom stereocenters. The summed E-state index contributed by atoms with van der Waals surface area (Å²) in [6, 6.07) is 18.7. The van der Waals surface area contributed by atoms with Crippen LogP contribution in [-0.4, -0.2) is 50.1 Å². The van der Waals surface area contributed by atoms with Crippen LogP contribution in [0, 0.1) is 6.92 Å². The minimum Gasteiger partial charge on any atom is -0.369 e. The number of amides is 1. The van der Waals surface area contributed by atoms with Crippen LogP contribution in [0.1, 0.15) is 28.8 Å². The van der Waals surface area contributed by atoms with E-state index >= 15 is 0 Å². The van der Waals surface area contributed by atoms with Gasteiger partial charge >= 0.3 is 0 Å². The summed E-state index contributed by atoms with van der Waals surface area (Å²) in [7, 11) is 0. The van der Waals surface area contributed by atoms with Crippen LogP contribution in [0.4, 0.5) is 5.69 Å². The molecule has 4 nitrogen and oxygen atoms in total. The molecule has 2 aromatic carbocycles. The minimum atomic E-state index is 0.0173. The van der Waals surface area contributed by atoms with Crippen LogP contribution in [0.3, 0.4) is 0 Å². The summed E-state index contributed by atoms with van der Waals surface area (Å²) in [5.74, 6) is 0.0173. The highest BCUT2D eigenvalue weighted by atomic mass is 32.1. The lowest BCUT2D eigenvalue weighted by Crippen LogP contribution is -2.46. The summed E-state index contributed by atoms with van der Waals surface area (Å²) >= 11 is 1.69. The number of anilines is 1. The summed E-state index contributed by atoms with van der Waals surface area (Å²) in [5.41, 5.74) is 5.74. The van der Waals surface area contributed by atoms with Gasteiger partial charge in [0.25, 0.3) is 5.91 Å². The number of hydrogen-bond acceptors (Lipinski definition) is 4. The third-order valence-corrected chi connectivity index (χ3v) is 6.61. The summed E-state index contributed by atoms with van der Waals surface area (Å²) in [4.78, 5) is 17.4. The zero-order valence-corrected chi connectivity index (χ0v) is 19.0. The predicted molar refractivity (Wildman–Crippen MR) is 131 cm³/mol. The fourth-order valence-electron chi connectivity index (χ4n) is 4.06. The lowest BCUT2D eigenvalue weighted by Gasteiger charge is -2.36. The third kappa shape index (κ3) is 5.96. The molecule has 0 aliphatic carbocycles. The van der Waals surface area contributed by atoms with Gasteiger partial charge < -0.3 is 10.2 Å². The standard InChI is InChI=1S/C26H31N3OS/c1-21-5-4-6-25(19-21)29-16-14-28(15-17-29)13-3-2-12-27-26(30)23-9-7-22(8-10-23)24-11-18-31-20-24/h4-11,18-20H,2-3,12-17H2,1H3,(H,27,30). The number of hydrogen-bond donors (Lipinski definition) is 1. The van der Waals surface area contributed by atoms with E-state index in [9.17, 15) is 4.79 Å². The number of thiophene rings is 1. The molecule has 1 fully saturated rings. The second-order valence-electron chi connectivity index (χ2n) is 8.22. The molecule has 3 aromatic rings. The number of benzene rings is 2. The maximum Gasteiger partial charge on any atom is 0.251 e. The van der Waals surface area contributed by atoms with Crippen molar-refractivity contribution in [3.05, 3.63) is 76.5 Å². The SMILES string of the molecule is Cc1cccc(N2CCN(CCCCNC(=O)c3ccc(-c4ccsc4)cc3)CC2)c1. The smallest absolute Gasteiger partial charge is 0.251 e. The predicted octanol–water partition coefficient (Wildman–Crippen LogP) is 5.06. The number of piperazine rings is 1. The molecule has 0 bridgehead atoms. The molecule has 1 aliphatic heterocycles. The first kappa shape index (κ1) is 21.6. The summed E-state index contributed by atoms with van der Waals surface area (Å²) in [5, 5.41) is 7.25. The van der Waals surface area contributed by atoms with E-state index in [1.807, 2.05) is 24.3 Å². The van der Waals surface area contributed by atoms with Gasteiger partial charge in [-0.05, 0) is 84.1 Å². The van der Waals surface area contributed by atoms with E-state index in [0.717, 1.165) is 63.2 Å². The Morgan fingerprint density at radius 3 is 2.48 bits per heavy atom. The first-order chi connectivity index (χ1) is 15.2. The number of carbonyl (C=O) groups excluding carboxylic acids is 1. The summed E-state index contributed by atoms with van der Waals surface area (Å²) < 4.78 is 0. The average Bonchev–Trinajstić information content (AvgIpc) is 3.34. The Labute approximate surface area is 189 Å². The molecule has 0 spiro atoms. The van der Waals surface area contributed by atoms with E-state index in [4.69, 9.17) is 0 Å². The highest BCUT2D eigenvalue weighted by Gasteiger charge is 2.16. The first-order valence-corrected chi connectivity index (χ1v) is 12.1. The zero-order chi connectivity index (χ0) is 21.5. The van der Waals surface area contributed by atoms with Crippen LogP contribution in [0.15, 0.2) is 65.4 Å². The second kappa shape index (κ2) is 10.6. The second-order valence-corrected chi connectivity index (χ2v) is 9.00. The molecule has 1 aromatic heterocycles. The van der Waals surface area contributed by atoms with Gasteiger partial charge in [0.15, 0.2) is 0 Å². The van der Waals surface area contributed by atoms with Gasteiger partial charge in [-0.3, -0.25) is 9.69 Å². The Morgan fingerprint density at radius 1 is 0.968 bits per heavy atom. The number of unbranched alkanes of at least 4 members (excludes halogenated alkanes) is 1. The molecule has 1 N–H and O–H groups in total. The molecule has 0 radical (unpaired) electrons. The molecule has 2 heterocycles. The Balaban J connectivity index is 1.12. The van der Waals surface area contributed by atoms with E-state index in [-0.39, 0.29) is 5.91 Å². The number of carbonyl (C=O) groups is 1. The maximum absolute atomic E-state index is 12.4. The summed E-state index contributed by atoms with van der Waals surface area (Å²) in [6.45, 7) is 8.37. The van der Waals surface area contributed by atoms with Gasteiger partial charge in [0.05, 0.1) is 0 Å². The van der Waals surface area contributed by atoms with Gasteiger partial charge in [0.1, 0.15) is 0 Å². The fraction of sp³-hybridized carbons (Fsp3) is 0.346. The van der Waals surface area contributed by atoms with Gasteiger partial charge in [-0.2, -0.15) is 11.3 Å². The Kier molecular flexibility index (Phi) is 7.39. The molecule has 1 aliphatic rings. The molecule has 31 heavy (non-hydrogen) atoms. The lowest BCUT2D eigenvalue weighted by molar-refractivity contribution is 0.0952. The van der Waals surface area contributed by atoms with Gasteiger partial charge in [0, 0.05) is 44.0 Å². The topological polar surface area (TPSA) is 35.6 Å². The maximum atomic E-state index is 12.4. The van der Waals surface area contributed by atoms with Crippen molar-refractivity contribution in [1.82, 2.24) is 10.2 Å². The van der Waals surface area contributed by atoms with Gasteiger partial charge in [-0.25, -0.2) is 0 Å². The number of rotatable bonds is 8. The summed E-state index contributed by atoms with van der Waals surface area (Å²) in [6.07, 6.45) is 2.12. The quantitative estimate of drug-likeness (QED) is 0.505. The lowest BCUT2D eigenvalue weighted by atomic mass is 10.1. The van der Waals surface area contributed by atoms with Crippen molar-refractivity contribution in [1.29, 1.82) is 0 Å². The molecule has 1 saturated heterocycles. The van der Waals surface area contributed by atoms with Crippen molar-refractivity contribution < 1.29 is 4.79 Å². The van der Waals surface area contributed by atoms with Crippen LogP contribution in [0.5, 0.6) is 0 Å². The molecule has 1 amide bonds. The zero-order valence-electron chi connectivity index (χ0n) is 18.2. The van der Waals surface area contributed by atoms with E-state index in [0.29, 0.717) is 0 Å². The van der Waals surface area contributed by atoms with Crippen LogP contribution in [0.2, 0.25) is 0 Å². The third-order valence-electron chi connectivity index (χ3n) is 5.93. The Bertz CT molecular complexity index is 961. The number of nitrogens with one attached hydrogen (secondary N) is 1. The van der Waals surface area contributed by atoms with Crippen molar-refractivity contribution in [3.63, 3.8) is 0 Å². The van der Waals surface area contributed by atoms with E-state index in [2.05, 4.69) is 63.1 Å². The van der Waals surface area contributed by atoms with Crippen molar-refractivity contribution in [2.75, 3.05) is 44.2 Å². The van der Waals surface area contributed by atoms with Crippen molar-refractivity contribution in [2.45, 2.75) is 19.8 Å². The Hall–Kier alpha value is -2.63. The normalized spacial score (nSPS) is 14.5. The number of nitrogens with zero attached hydrogens (tertiary/aromatic N) is 2. The highest BCUT2D eigenvalue weighted by Crippen LogP contribution is 2.22. The minimum absolute atomic E-state index is 0.0173. The monoisotopic (exact) mass is 433 g/mol. The Morgan fingerprint density at radius 2 is 1.77 bits per heavy atom. The van der Waals surface area contributed by atoms with Crippen molar-refractivity contribution in [3.8, 4) is 11.1 Å². The molecule has 5 heteroatoms.